The molecule has 2 rings (SSSR count). The van der Waals surface area contributed by atoms with Crippen molar-refractivity contribution in [1.82, 2.24) is 15.5 Å². The Hall–Kier alpha value is -2.59. The van der Waals surface area contributed by atoms with Crippen LogP contribution in [0.5, 0.6) is 0 Å². The second-order valence-electron chi connectivity index (χ2n) is 3.71. The highest BCUT2D eigenvalue weighted by molar-refractivity contribution is 8.13. The number of aliphatic imine (C=N–C) groups is 1. The van der Waals surface area contributed by atoms with Crippen LogP contribution < -0.4 is 10.9 Å². The zero-order valence-corrected chi connectivity index (χ0v) is 11.4. The molecule has 20 heavy (non-hydrogen) atoms. The molecule has 0 aliphatic heterocycles. The molecule has 0 amide bonds. The number of amidine groups is 1. The summed E-state index contributed by atoms with van der Waals surface area (Å²) in [6.07, 6.45) is 3.67. The van der Waals surface area contributed by atoms with E-state index in [1.807, 2.05) is 36.7 Å². The molecule has 1 aromatic carbocycles. The van der Waals surface area contributed by atoms with E-state index in [1.165, 1.54) is 17.8 Å². The largest absolute Gasteiger partial charge is 0.271 e. The molecule has 0 aliphatic carbocycles. The second-order valence-corrected chi connectivity index (χ2v) is 4.51. The minimum Gasteiger partial charge on any atom is -0.271 e. The third-order valence-electron chi connectivity index (χ3n) is 2.43. The average Bonchev–Trinajstić information content (AvgIpc) is 2.48. The van der Waals surface area contributed by atoms with Crippen LogP contribution in [0.1, 0.15) is 0 Å². The molecule has 0 spiro atoms. The smallest absolute Gasteiger partial charge is 0.264 e. The Morgan fingerprint density at radius 1 is 1.35 bits per heavy atom. The minimum atomic E-state index is -0.234. The highest BCUT2D eigenvalue weighted by atomic mass is 32.2. The Kier molecular flexibility index (Phi) is 4.52. The Morgan fingerprint density at radius 2 is 2.10 bits per heavy atom. The molecular weight excluding hydrogens is 274 g/mol. The summed E-state index contributed by atoms with van der Waals surface area (Å²) in [5.74, 6) is 0. The number of nitrogens with one attached hydrogen (secondary N) is 2. The van der Waals surface area contributed by atoms with Crippen LogP contribution >= 0.6 is 11.8 Å². The molecule has 1 heterocycles. The lowest BCUT2D eigenvalue weighted by Crippen LogP contribution is -2.12. The molecule has 2 aromatic rings. The summed E-state index contributed by atoms with van der Waals surface area (Å²) in [5, 5.41) is 17.9. The normalized spacial score (nSPS) is 10.9. The Bertz CT molecular complexity index is 694. The summed E-state index contributed by atoms with van der Waals surface area (Å²) in [4.78, 5) is 15.2. The fraction of sp³-hybridized carbons (Fsp3) is 0.0769. The van der Waals surface area contributed by atoms with Crippen LogP contribution in [0, 0.1) is 11.5 Å². The Labute approximate surface area is 119 Å². The van der Waals surface area contributed by atoms with Gasteiger partial charge in [-0.1, -0.05) is 23.9 Å². The molecule has 0 aliphatic rings. The summed E-state index contributed by atoms with van der Waals surface area (Å²) in [6, 6.07) is 10.4. The van der Waals surface area contributed by atoms with Gasteiger partial charge in [-0.3, -0.25) is 10.1 Å². The maximum atomic E-state index is 11.0. The van der Waals surface area contributed by atoms with Gasteiger partial charge in [-0.05, 0) is 24.5 Å². The summed E-state index contributed by atoms with van der Waals surface area (Å²) in [5.41, 5.74) is 2.05. The van der Waals surface area contributed by atoms with Crippen molar-refractivity contribution < 1.29 is 0 Å². The van der Waals surface area contributed by atoms with Crippen LogP contribution in [0.2, 0.25) is 0 Å². The lowest BCUT2D eigenvalue weighted by Gasteiger charge is -2.02. The maximum absolute atomic E-state index is 11.0. The van der Waals surface area contributed by atoms with E-state index in [9.17, 15) is 4.79 Å². The summed E-state index contributed by atoms with van der Waals surface area (Å²) in [6.45, 7) is 0. The molecule has 2 N–H and O–H groups in total. The molecule has 6 nitrogen and oxygen atoms in total. The maximum Gasteiger partial charge on any atom is 0.264 e. The zero-order chi connectivity index (χ0) is 14.4. The van der Waals surface area contributed by atoms with Gasteiger partial charge in [0.05, 0.1) is 11.4 Å². The van der Waals surface area contributed by atoms with E-state index in [1.54, 1.807) is 6.07 Å². The van der Waals surface area contributed by atoms with Gasteiger partial charge in [-0.15, -0.1) is 0 Å². The third kappa shape index (κ3) is 3.46. The number of thioether (sulfide) groups is 1. The molecule has 0 saturated carbocycles. The summed E-state index contributed by atoms with van der Waals surface area (Å²) >= 11 is 1.36. The first-order chi connectivity index (χ1) is 9.72. The molecule has 0 saturated heterocycles. The monoisotopic (exact) mass is 285 g/mol. The van der Waals surface area contributed by atoms with Crippen LogP contribution in [-0.4, -0.2) is 21.6 Å². The minimum absolute atomic E-state index is 0.234. The van der Waals surface area contributed by atoms with Crippen LogP contribution in [0.3, 0.4) is 0 Å². The number of hydrogen-bond acceptors (Lipinski definition) is 5. The van der Waals surface area contributed by atoms with Crippen molar-refractivity contribution in [3.63, 3.8) is 0 Å². The van der Waals surface area contributed by atoms with Crippen molar-refractivity contribution in [2.24, 2.45) is 4.99 Å². The van der Waals surface area contributed by atoms with Gasteiger partial charge in [-0.2, -0.15) is 10.4 Å². The fourth-order valence-corrected chi connectivity index (χ4v) is 1.85. The van der Waals surface area contributed by atoms with Gasteiger partial charge in [-0.25, -0.2) is 10.1 Å². The molecule has 100 valence electrons. The van der Waals surface area contributed by atoms with Crippen molar-refractivity contribution in [2.75, 3.05) is 6.26 Å². The zero-order valence-electron chi connectivity index (χ0n) is 10.6. The molecule has 0 fully saturated rings. The van der Waals surface area contributed by atoms with Crippen molar-refractivity contribution in [3.8, 4) is 17.5 Å². The lowest BCUT2D eigenvalue weighted by atomic mass is 10.1. The van der Waals surface area contributed by atoms with Crippen LogP contribution in [-0.2, 0) is 0 Å². The van der Waals surface area contributed by atoms with Gasteiger partial charge < -0.3 is 0 Å². The van der Waals surface area contributed by atoms with Crippen molar-refractivity contribution >= 4 is 22.6 Å². The van der Waals surface area contributed by atoms with Crippen molar-refractivity contribution in [2.45, 2.75) is 0 Å². The van der Waals surface area contributed by atoms with Crippen LogP contribution in [0.15, 0.2) is 46.2 Å². The van der Waals surface area contributed by atoms with E-state index in [4.69, 9.17) is 5.26 Å². The van der Waals surface area contributed by atoms with Crippen molar-refractivity contribution in [3.05, 3.63) is 46.8 Å². The van der Waals surface area contributed by atoms with E-state index in [0.717, 1.165) is 11.3 Å². The molecule has 0 atom stereocenters. The topological polar surface area (TPSA) is 93.9 Å². The van der Waals surface area contributed by atoms with E-state index in [2.05, 4.69) is 20.5 Å². The number of nitrogens with zero attached hydrogens (tertiary/aromatic N) is 3. The van der Waals surface area contributed by atoms with E-state index in [-0.39, 0.29) is 5.56 Å². The molecule has 0 unspecified atom stereocenters. The van der Waals surface area contributed by atoms with Gasteiger partial charge in [0.15, 0.2) is 11.4 Å². The summed E-state index contributed by atoms with van der Waals surface area (Å²) < 4.78 is 0. The molecule has 1 aromatic heterocycles. The fourth-order valence-electron chi connectivity index (χ4n) is 1.50. The number of aromatic nitrogens is 2. The van der Waals surface area contributed by atoms with Gasteiger partial charge in [0.2, 0.25) is 0 Å². The Morgan fingerprint density at radius 3 is 2.65 bits per heavy atom. The first kappa shape index (κ1) is 13.8. The molecule has 0 radical (unpaired) electrons. The number of hydrogen-bond donors (Lipinski definition) is 2. The molecule has 7 heteroatoms. The van der Waals surface area contributed by atoms with E-state index < -0.39 is 0 Å². The average molecular weight is 285 g/mol. The van der Waals surface area contributed by atoms with Crippen LogP contribution in [0.4, 0.5) is 5.69 Å². The van der Waals surface area contributed by atoms with Gasteiger partial charge in [0.1, 0.15) is 0 Å². The SMILES string of the molecule is CSC(=Nc1ccc(-c2ccc(=O)[nH]n2)cc1)NC#N. The standard InChI is InChI=1S/C13H11N5OS/c1-20-13(15-8-14)16-10-4-2-9(3-5-10)11-6-7-12(19)18-17-11/h2-7H,1H3,(H,15,16)(H,18,19). The number of H-pyrrole nitrogens is 1. The van der Waals surface area contributed by atoms with E-state index >= 15 is 0 Å². The van der Waals surface area contributed by atoms with E-state index in [0.29, 0.717) is 10.9 Å². The predicted octanol–water partition coefficient (Wildman–Crippen LogP) is 1.86. The molecule has 0 bridgehead atoms. The quantitative estimate of drug-likeness (QED) is 0.380. The third-order valence-corrected chi connectivity index (χ3v) is 3.01. The van der Waals surface area contributed by atoms with Crippen molar-refractivity contribution in [1.29, 1.82) is 5.26 Å². The number of benzene rings is 1. The van der Waals surface area contributed by atoms with Gasteiger partial charge in [0, 0.05) is 11.6 Å². The number of aromatic amines is 1. The van der Waals surface area contributed by atoms with Crippen LogP contribution in [0.25, 0.3) is 11.3 Å². The molecular formula is C13H11N5OS. The summed E-state index contributed by atoms with van der Waals surface area (Å²) in [7, 11) is 0. The lowest BCUT2D eigenvalue weighted by molar-refractivity contribution is 0.995. The highest BCUT2D eigenvalue weighted by Crippen LogP contribution is 2.20. The Balaban J connectivity index is 2.24. The predicted molar refractivity (Wildman–Crippen MR) is 79.7 cm³/mol. The highest BCUT2D eigenvalue weighted by Gasteiger charge is 2.00. The van der Waals surface area contributed by atoms with Gasteiger partial charge in [0.25, 0.3) is 5.56 Å². The number of rotatable bonds is 2. The first-order valence-electron chi connectivity index (χ1n) is 5.67. The first-order valence-corrected chi connectivity index (χ1v) is 6.89. The van der Waals surface area contributed by atoms with Gasteiger partial charge >= 0.3 is 0 Å². The number of nitriles is 1. The second kappa shape index (κ2) is 6.54.